The van der Waals surface area contributed by atoms with Crippen molar-refractivity contribution in [2.75, 3.05) is 13.1 Å². The van der Waals surface area contributed by atoms with Crippen molar-refractivity contribution in [3.8, 4) is 0 Å². The van der Waals surface area contributed by atoms with Crippen LogP contribution in [0.4, 0.5) is 0 Å². The molecule has 0 radical (unpaired) electrons. The second-order valence-electron chi connectivity index (χ2n) is 30.0. The molecule has 1 aliphatic carbocycles. The van der Waals surface area contributed by atoms with Crippen molar-refractivity contribution in [1.29, 1.82) is 0 Å². The van der Waals surface area contributed by atoms with E-state index in [0.29, 0.717) is 59.2 Å². The van der Waals surface area contributed by atoms with Gasteiger partial charge in [0.25, 0.3) is 5.56 Å². The molecular formula is C86H154N4O. The van der Waals surface area contributed by atoms with E-state index in [1.165, 1.54) is 108 Å². The molecule has 2 N–H and O–H groups in total. The Labute approximate surface area is 569 Å². The minimum atomic E-state index is 0. The standard InChI is InChI=1S/C14H23NO.C14H23N.C14H24.C14H22.2C13H23N.4CH4/c1-8(2)12-10(5)13(9(3)4)14(16)15(7)11(12)6;1-8(2)13-10(5)14(9(3)4)12(7)15-11(13)6;2*1-9(2)13-8-7-11(5)14(10(3)4)12(13)6;1-8(2)12-7-14-11(6)13(9(3)4)10(12)5;1-8(2)12-10(5)7-14-13(9(3)4)11(12)6;;;;/h8-9H,1-7H3;8-9H,1-7H3;9-10H,7-8H2,1-6H3;7-10H,1-6H3;2*8-9,14H,7H2,1-6H3;4*1H4. The average Bonchev–Trinajstić information content (AvgIpc) is 2.08. The average molecular weight is 1260 g/mol. The minimum absolute atomic E-state index is 0. The van der Waals surface area contributed by atoms with E-state index >= 15 is 0 Å². The van der Waals surface area contributed by atoms with E-state index in [0.717, 1.165) is 30.3 Å². The molecule has 0 saturated carbocycles. The summed E-state index contributed by atoms with van der Waals surface area (Å²) in [7, 11) is 1.87. The van der Waals surface area contributed by atoms with Crippen LogP contribution in [0.3, 0.4) is 0 Å². The van der Waals surface area contributed by atoms with Crippen LogP contribution in [-0.2, 0) is 7.05 Å². The summed E-state index contributed by atoms with van der Waals surface area (Å²) >= 11 is 0. The van der Waals surface area contributed by atoms with E-state index in [2.05, 4.69) is 277 Å². The first-order valence-corrected chi connectivity index (χ1v) is 34.4. The highest BCUT2D eigenvalue weighted by Crippen LogP contribution is 2.38. The molecule has 1 aromatic carbocycles. The number of benzene rings is 1. The molecule has 0 amide bonds. The van der Waals surface area contributed by atoms with Crippen LogP contribution in [0.5, 0.6) is 0 Å². The number of hydrogen-bond acceptors (Lipinski definition) is 4. The summed E-state index contributed by atoms with van der Waals surface area (Å²) in [6.07, 6.45) is 2.56. The zero-order valence-corrected chi connectivity index (χ0v) is 64.2. The molecule has 2 aliphatic heterocycles. The van der Waals surface area contributed by atoms with Gasteiger partial charge in [-0.15, -0.1) is 0 Å². The molecule has 3 aliphatic rings. The zero-order chi connectivity index (χ0) is 67.9. The van der Waals surface area contributed by atoms with Gasteiger partial charge in [0.05, 0.1) is 0 Å². The smallest absolute Gasteiger partial charge is 0.254 e. The van der Waals surface area contributed by atoms with Crippen molar-refractivity contribution in [2.45, 2.75) is 334 Å². The third-order valence-corrected chi connectivity index (χ3v) is 18.9. The molecule has 6 rings (SSSR count). The number of aromatic nitrogens is 2. The fraction of sp³-hybridized carbons (Fsp3) is 0.674. The monoisotopic (exact) mass is 1260 g/mol. The molecule has 5 nitrogen and oxygen atoms in total. The molecule has 0 unspecified atom stereocenters. The topological polar surface area (TPSA) is 59.0 Å². The molecule has 524 valence electrons. The van der Waals surface area contributed by atoms with Gasteiger partial charge >= 0.3 is 0 Å². The minimum Gasteiger partial charge on any atom is -0.385 e. The second-order valence-corrected chi connectivity index (χ2v) is 30.0. The molecular weight excluding hydrogens is 1100 g/mol. The van der Waals surface area contributed by atoms with Gasteiger partial charge in [0.15, 0.2) is 0 Å². The zero-order valence-electron chi connectivity index (χ0n) is 64.2. The Kier molecular flexibility index (Phi) is 42.0. The van der Waals surface area contributed by atoms with Crippen molar-refractivity contribution in [1.82, 2.24) is 20.2 Å². The number of rotatable bonds is 12. The number of nitrogens with zero attached hydrogens (tertiary/aromatic N) is 2. The Balaban J connectivity index is -0.000000495. The molecule has 0 atom stereocenters. The van der Waals surface area contributed by atoms with Gasteiger partial charge in [-0.1, -0.05) is 225 Å². The quantitative estimate of drug-likeness (QED) is 0.190. The fourth-order valence-electron chi connectivity index (χ4n) is 15.5. The largest absolute Gasteiger partial charge is 0.385 e. The summed E-state index contributed by atoms with van der Waals surface area (Å²) in [5.74, 6) is 7.08. The number of hydrogen-bond donors (Lipinski definition) is 2. The normalized spacial score (nSPS) is 14.2. The van der Waals surface area contributed by atoms with Crippen LogP contribution < -0.4 is 16.2 Å². The third kappa shape index (κ3) is 24.6. The predicted octanol–water partition coefficient (Wildman–Crippen LogP) is 26.3. The van der Waals surface area contributed by atoms with Gasteiger partial charge in [-0.05, 0) is 263 Å². The van der Waals surface area contributed by atoms with Crippen LogP contribution in [0.1, 0.15) is 358 Å². The van der Waals surface area contributed by atoms with E-state index in [9.17, 15) is 4.79 Å². The van der Waals surface area contributed by atoms with Crippen LogP contribution in [0.2, 0.25) is 0 Å². The lowest BCUT2D eigenvalue weighted by atomic mass is 9.78. The molecule has 0 bridgehead atoms. The molecule has 0 spiro atoms. The highest BCUT2D eigenvalue weighted by Gasteiger charge is 2.24. The Morgan fingerprint density at radius 3 is 1.14 bits per heavy atom. The number of nitrogens with one attached hydrogen (secondary N) is 2. The first kappa shape index (κ1) is 92.8. The number of dihydropyridines is 2. The maximum absolute atomic E-state index is 12.2. The Hall–Kier alpha value is -4.64. The molecule has 91 heavy (non-hydrogen) atoms. The van der Waals surface area contributed by atoms with Gasteiger partial charge in [0.2, 0.25) is 0 Å². The summed E-state index contributed by atoms with van der Waals surface area (Å²) in [6.45, 7) is 84.8. The second kappa shape index (κ2) is 41.2. The molecule has 3 aromatic rings. The number of allylic oxidation sites excluding steroid dienone is 10. The number of aryl methyl sites for hydroxylation is 3. The van der Waals surface area contributed by atoms with E-state index in [1.807, 2.05) is 14.0 Å². The summed E-state index contributed by atoms with van der Waals surface area (Å²) < 4.78 is 1.79. The maximum Gasteiger partial charge on any atom is 0.254 e. The van der Waals surface area contributed by atoms with Crippen LogP contribution >= 0.6 is 0 Å². The SMILES string of the molecule is C.C.C.C.CC1=C(C(C)C)C(C)=C(C(C)C)CC1.CC1=C(C(C)C)C(C)=C(C(C)C)CN1.CC1=C(C(C)C)C(C)=C(C(C)C)NC1.Cc1c(C(C)C)c(C)n(C)c(=O)c1C(C)C.Cc1ccc(C(C)C)c(C)c1C(C)C.Cc1nc(C)c(C(C)C)c(C)c1C(C)C. The summed E-state index contributed by atoms with van der Waals surface area (Å²) in [5.41, 5.74) is 35.9. The summed E-state index contributed by atoms with van der Waals surface area (Å²) in [5, 5.41) is 7.02. The van der Waals surface area contributed by atoms with Gasteiger partial charge in [-0.3, -0.25) is 9.78 Å². The highest BCUT2D eigenvalue weighted by atomic mass is 16.1. The third-order valence-electron chi connectivity index (χ3n) is 18.9. The molecule has 4 heterocycles. The van der Waals surface area contributed by atoms with Crippen LogP contribution in [-0.4, -0.2) is 22.6 Å². The molecule has 0 fully saturated rings. The van der Waals surface area contributed by atoms with Gasteiger partial charge in [0.1, 0.15) is 0 Å². The first-order valence-electron chi connectivity index (χ1n) is 34.4. The van der Waals surface area contributed by atoms with Crippen LogP contribution in [0, 0.1) is 84.0 Å². The highest BCUT2D eigenvalue weighted by molar-refractivity contribution is 5.47. The van der Waals surface area contributed by atoms with Gasteiger partial charge in [-0.2, -0.15) is 0 Å². The number of pyridine rings is 2. The summed E-state index contributed by atoms with van der Waals surface area (Å²) in [4.78, 5) is 16.9. The lowest BCUT2D eigenvalue weighted by Gasteiger charge is -2.29. The van der Waals surface area contributed by atoms with E-state index < -0.39 is 0 Å². The fourth-order valence-corrected chi connectivity index (χ4v) is 15.5. The Bertz CT molecular complexity index is 2850. The Morgan fingerprint density at radius 1 is 0.374 bits per heavy atom. The predicted molar refractivity (Wildman–Crippen MR) is 417 cm³/mol. The van der Waals surface area contributed by atoms with Crippen LogP contribution in [0.15, 0.2) is 84.1 Å². The first-order chi connectivity index (χ1) is 39.9. The maximum atomic E-state index is 12.2. The van der Waals surface area contributed by atoms with E-state index in [4.69, 9.17) is 0 Å². The van der Waals surface area contributed by atoms with Crippen molar-refractivity contribution in [2.24, 2.45) is 42.6 Å². The molecule has 5 heteroatoms. The van der Waals surface area contributed by atoms with Crippen molar-refractivity contribution >= 4 is 0 Å². The van der Waals surface area contributed by atoms with Crippen molar-refractivity contribution in [3.05, 3.63) is 162 Å². The lowest BCUT2D eigenvalue weighted by Crippen LogP contribution is -2.27. The van der Waals surface area contributed by atoms with Gasteiger partial charge in [0, 0.05) is 54.2 Å². The van der Waals surface area contributed by atoms with Crippen molar-refractivity contribution in [3.63, 3.8) is 0 Å². The van der Waals surface area contributed by atoms with Gasteiger partial charge < -0.3 is 15.2 Å². The molecule has 2 aromatic heterocycles. The Morgan fingerprint density at radius 2 is 0.769 bits per heavy atom. The molecule has 0 saturated heterocycles. The lowest BCUT2D eigenvalue weighted by molar-refractivity contribution is 0.627. The van der Waals surface area contributed by atoms with E-state index in [-0.39, 0.29) is 41.2 Å². The van der Waals surface area contributed by atoms with E-state index in [1.54, 1.807) is 38.0 Å². The van der Waals surface area contributed by atoms with Crippen LogP contribution in [0.25, 0.3) is 0 Å². The van der Waals surface area contributed by atoms with Crippen molar-refractivity contribution < 1.29 is 0 Å². The van der Waals surface area contributed by atoms with Gasteiger partial charge in [-0.25, -0.2) is 0 Å². The summed E-state index contributed by atoms with van der Waals surface area (Å²) in [6, 6.07) is 4.54.